The van der Waals surface area contributed by atoms with Crippen LogP contribution in [-0.2, 0) is 9.53 Å². The number of nitrogens with one attached hydrogen (secondary N) is 1. The third-order valence-electron chi connectivity index (χ3n) is 3.84. The Kier molecular flexibility index (Phi) is 8.07. The van der Waals surface area contributed by atoms with Gasteiger partial charge in [0.1, 0.15) is 5.69 Å². The number of anilines is 1. The monoisotopic (exact) mass is 349 g/mol. The van der Waals surface area contributed by atoms with E-state index >= 15 is 0 Å². The standard InChI is InChI=1S/C18H27N3O4/c1-13(2)20(14(3)4)11-10-19-16-8-6-15(7-9-18(22)25-5)12-17(16)21(23)24/h6-9,12-14,19H,10-11H2,1-5H3/b9-7+. The van der Waals surface area contributed by atoms with Crippen LogP contribution in [0, 0.1) is 10.1 Å². The van der Waals surface area contributed by atoms with E-state index in [2.05, 4.69) is 42.6 Å². The molecule has 0 atom stereocenters. The second-order valence-electron chi connectivity index (χ2n) is 6.24. The Morgan fingerprint density at radius 3 is 2.48 bits per heavy atom. The molecule has 1 N–H and O–H groups in total. The van der Waals surface area contributed by atoms with E-state index in [1.165, 1.54) is 25.3 Å². The third-order valence-corrected chi connectivity index (χ3v) is 3.84. The quantitative estimate of drug-likeness (QED) is 0.319. The van der Waals surface area contributed by atoms with Crippen molar-refractivity contribution in [1.29, 1.82) is 0 Å². The van der Waals surface area contributed by atoms with Gasteiger partial charge >= 0.3 is 5.97 Å². The zero-order valence-corrected chi connectivity index (χ0v) is 15.5. The molecule has 0 aliphatic rings. The van der Waals surface area contributed by atoms with Gasteiger partial charge < -0.3 is 10.1 Å². The van der Waals surface area contributed by atoms with Gasteiger partial charge in [0.2, 0.25) is 0 Å². The molecule has 7 nitrogen and oxygen atoms in total. The highest BCUT2D eigenvalue weighted by Crippen LogP contribution is 2.26. The van der Waals surface area contributed by atoms with Crippen molar-refractivity contribution in [2.75, 3.05) is 25.5 Å². The molecule has 0 aromatic heterocycles. The van der Waals surface area contributed by atoms with E-state index in [1.807, 2.05) is 0 Å². The number of hydrogen-bond acceptors (Lipinski definition) is 6. The summed E-state index contributed by atoms with van der Waals surface area (Å²) in [4.78, 5) is 24.3. The average molecular weight is 349 g/mol. The topological polar surface area (TPSA) is 84.7 Å². The maximum absolute atomic E-state index is 11.3. The highest BCUT2D eigenvalue weighted by Gasteiger charge is 2.16. The fourth-order valence-electron chi connectivity index (χ4n) is 2.62. The van der Waals surface area contributed by atoms with Gasteiger partial charge in [0.05, 0.1) is 12.0 Å². The highest BCUT2D eigenvalue weighted by molar-refractivity contribution is 5.87. The van der Waals surface area contributed by atoms with E-state index in [0.717, 1.165) is 6.54 Å². The summed E-state index contributed by atoms with van der Waals surface area (Å²) in [7, 11) is 1.28. The van der Waals surface area contributed by atoms with Crippen LogP contribution in [-0.4, -0.2) is 48.1 Å². The minimum absolute atomic E-state index is 0.0207. The minimum Gasteiger partial charge on any atom is -0.466 e. The molecule has 0 fully saturated rings. The summed E-state index contributed by atoms with van der Waals surface area (Å²) in [5.74, 6) is -0.507. The molecule has 0 spiro atoms. The number of carbonyl (C=O) groups excluding carboxylic acids is 1. The molecule has 1 aromatic carbocycles. The fourth-order valence-corrected chi connectivity index (χ4v) is 2.62. The molecule has 0 heterocycles. The van der Waals surface area contributed by atoms with E-state index in [1.54, 1.807) is 12.1 Å². The summed E-state index contributed by atoms with van der Waals surface area (Å²) < 4.78 is 4.51. The van der Waals surface area contributed by atoms with Crippen LogP contribution in [0.3, 0.4) is 0 Å². The molecule has 0 aliphatic heterocycles. The van der Waals surface area contributed by atoms with Crippen LogP contribution >= 0.6 is 0 Å². The summed E-state index contributed by atoms with van der Waals surface area (Å²) in [6.07, 6.45) is 2.72. The summed E-state index contributed by atoms with van der Waals surface area (Å²) in [5, 5.41) is 14.5. The van der Waals surface area contributed by atoms with Crippen molar-refractivity contribution in [2.24, 2.45) is 0 Å². The first kappa shape index (κ1) is 20.6. The predicted octanol–water partition coefficient (Wildman–Crippen LogP) is 3.31. The fraction of sp³-hybridized carbons (Fsp3) is 0.500. The second kappa shape index (κ2) is 9.78. The van der Waals surface area contributed by atoms with Crippen LogP contribution in [0.5, 0.6) is 0 Å². The first-order valence-corrected chi connectivity index (χ1v) is 8.30. The maximum atomic E-state index is 11.3. The van der Waals surface area contributed by atoms with Crippen molar-refractivity contribution >= 4 is 23.4 Å². The molecule has 0 amide bonds. The van der Waals surface area contributed by atoms with Gasteiger partial charge in [-0.2, -0.15) is 0 Å². The third kappa shape index (κ3) is 6.54. The van der Waals surface area contributed by atoms with E-state index < -0.39 is 10.9 Å². The van der Waals surface area contributed by atoms with Crippen molar-refractivity contribution in [2.45, 2.75) is 39.8 Å². The molecule has 7 heteroatoms. The van der Waals surface area contributed by atoms with E-state index in [-0.39, 0.29) is 5.69 Å². The Balaban J connectivity index is 2.84. The van der Waals surface area contributed by atoms with Gasteiger partial charge in [-0.25, -0.2) is 4.79 Å². The van der Waals surface area contributed by atoms with Crippen LogP contribution < -0.4 is 5.32 Å². The van der Waals surface area contributed by atoms with Crippen molar-refractivity contribution in [1.82, 2.24) is 4.90 Å². The molecule has 0 saturated carbocycles. The Morgan fingerprint density at radius 2 is 1.96 bits per heavy atom. The first-order valence-electron chi connectivity index (χ1n) is 8.30. The van der Waals surface area contributed by atoms with Gasteiger partial charge in [0.25, 0.3) is 5.69 Å². The normalized spacial score (nSPS) is 11.5. The summed E-state index contributed by atoms with van der Waals surface area (Å²) >= 11 is 0. The van der Waals surface area contributed by atoms with Gasteiger partial charge in [-0.15, -0.1) is 0 Å². The molecular weight excluding hydrogens is 322 g/mol. The summed E-state index contributed by atoms with van der Waals surface area (Å²) in [5.41, 5.74) is 1.01. The molecule has 0 bridgehead atoms. The first-order chi connectivity index (χ1) is 11.8. The van der Waals surface area contributed by atoms with Gasteiger partial charge in [0.15, 0.2) is 0 Å². The lowest BCUT2D eigenvalue weighted by Crippen LogP contribution is -2.40. The second-order valence-corrected chi connectivity index (χ2v) is 6.24. The Labute approximate surface area is 148 Å². The molecule has 1 rings (SSSR count). The number of ether oxygens (including phenoxy) is 1. The minimum atomic E-state index is -0.507. The van der Waals surface area contributed by atoms with E-state index in [0.29, 0.717) is 29.9 Å². The van der Waals surface area contributed by atoms with Crippen LogP contribution in [0.4, 0.5) is 11.4 Å². The van der Waals surface area contributed by atoms with E-state index in [9.17, 15) is 14.9 Å². The maximum Gasteiger partial charge on any atom is 0.330 e. The number of esters is 1. The van der Waals surface area contributed by atoms with Crippen LogP contribution in [0.15, 0.2) is 24.3 Å². The Bertz CT molecular complexity index is 619. The number of carbonyl (C=O) groups is 1. The summed E-state index contributed by atoms with van der Waals surface area (Å²) in [6.45, 7) is 9.91. The van der Waals surface area contributed by atoms with Gasteiger partial charge in [-0.05, 0) is 45.4 Å². The number of benzene rings is 1. The Hall–Kier alpha value is -2.41. The number of nitro groups is 1. The van der Waals surface area contributed by atoms with Gasteiger partial charge in [0, 0.05) is 37.3 Å². The zero-order chi connectivity index (χ0) is 19.0. The Morgan fingerprint density at radius 1 is 1.32 bits per heavy atom. The lowest BCUT2D eigenvalue weighted by Gasteiger charge is -2.30. The van der Waals surface area contributed by atoms with Crippen molar-refractivity contribution < 1.29 is 14.5 Å². The number of nitrogens with zero attached hydrogens (tertiary/aromatic N) is 2. The molecule has 0 radical (unpaired) electrons. The molecular formula is C18H27N3O4. The van der Waals surface area contributed by atoms with Crippen LogP contribution in [0.25, 0.3) is 6.08 Å². The van der Waals surface area contributed by atoms with Crippen LogP contribution in [0.2, 0.25) is 0 Å². The number of hydrogen-bond donors (Lipinski definition) is 1. The van der Waals surface area contributed by atoms with Crippen molar-refractivity contribution in [3.8, 4) is 0 Å². The lowest BCUT2D eigenvalue weighted by molar-refractivity contribution is -0.384. The smallest absolute Gasteiger partial charge is 0.330 e. The predicted molar refractivity (Wildman–Crippen MR) is 99.6 cm³/mol. The average Bonchev–Trinajstić information content (AvgIpc) is 2.56. The lowest BCUT2D eigenvalue weighted by atomic mass is 10.1. The zero-order valence-electron chi connectivity index (χ0n) is 15.5. The SMILES string of the molecule is COC(=O)/C=C/c1ccc(NCCN(C(C)C)C(C)C)c([N+](=O)[O-])c1. The number of nitro benzene ring substituents is 1. The van der Waals surface area contributed by atoms with Gasteiger partial charge in [-0.3, -0.25) is 15.0 Å². The number of methoxy groups -OCH3 is 1. The molecule has 138 valence electrons. The van der Waals surface area contributed by atoms with Gasteiger partial charge in [-0.1, -0.05) is 6.07 Å². The summed E-state index contributed by atoms with van der Waals surface area (Å²) in [6, 6.07) is 5.62. The molecule has 0 saturated heterocycles. The highest BCUT2D eigenvalue weighted by atomic mass is 16.6. The van der Waals surface area contributed by atoms with Crippen molar-refractivity contribution in [3.63, 3.8) is 0 Å². The van der Waals surface area contributed by atoms with Crippen molar-refractivity contribution in [3.05, 3.63) is 40.0 Å². The number of rotatable bonds is 9. The molecule has 0 aliphatic carbocycles. The largest absolute Gasteiger partial charge is 0.466 e. The van der Waals surface area contributed by atoms with E-state index in [4.69, 9.17) is 0 Å². The molecule has 25 heavy (non-hydrogen) atoms. The molecule has 1 aromatic rings. The molecule has 0 unspecified atom stereocenters. The van der Waals surface area contributed by atoms with Crippen LogP contribution in [0.1, 0.15) is 33.3 Å².